The molecule has 6 heteroatoms. The second kappa shape index (κ2) is 5.21. The van der Waals surface area contributed by atoms with Crippen molar-refractivity contribution in [2.75, 3.05) is 5.32 Å². The Morgan fingerprint density at radius 3 is 2.67 bits per heavy atom. The van der Waals surface area contributed by atoms with Crippen LogP contribution in [0.25, 0.3) is 0 Å². The second-order valence-corrected chi connectivity index (χ2v) is 5.50. The highest BCUT2D eigenvalue weighted by Gasteiger charge is 2.26. The molecule has 0 radical (unpaired) electrons. The number of aromatic hydroxyl groups is 1. The molecule has 0 aliphatic carbocycles. The van der Waals surface area contributed by atoms with Gasteiger partial charge in [0.25, 0.3) is 11.8 Å². The Bertz CT molecular complexity index is 759. The maximum absolute atomic E-state index is 11.6. The van der Waals surface area contributed by atoms with E-state index in [0.29, 0.717) is 27.8 Å². The van der Waals surface area contributed by atoms with Crippen molar-refractivity contribution in [3.8, 4) is 5.75 Å². The average Bonchev–Trinajstić information content (AvgIpc) is 2.75. The Kier molecular flexibility index (Phi) is 3.39. The van der Waals surface area contributed by atoms with Gasteiger partial charge in [-0.3, -0.25) is 14.9 Å². The van der Waals surface area contributed by atoms with Crippen LogP contribution < -0.4 is 10.6 Å². The fourth-order valence-electron chi connectivity index (χ4n) is 2.18. The number of carbonyl (C=O) groups excluding carboxylic acids is 2. The van der Waals surface area contributed by atoms with Crippen molar-refractivity contribution in [1.29, 1.82) is 0 Å². The molecule has 2 amide bonds. The van der Waals surface area contributed by atoms with Gasteiger partial charge in [-0.2, -0.15) is 0 Å². The fourth-order valence-corrected chi connectivity index (χ4v) is 2.59. The molecule has 1 heterocycles. The molecule has 2 aromatic rings. The largest absolute Gasteiger partial charge is 0.506 e. The molecule has 5 nitrogen and oxygen atoms in total. The Morgan fingerprint density at radius 1 is 1.10 bits per heavy atom. The summed E-state index contributed by atoms with van der Waals surface area (Å²) in [5.74, 6) is -0.575. The number of benzene rings is 2. The zero-order chi connectivity index (χ0) is 15.0. The Balaban J connectivity index is 1.81. The van der Waals surface area contributed by atoms with E-state index in [0.717, 1.165) is 5.56 Å². The van der Waals surface area contributed by atoms with Gasteiger partial charge >= 0.3 is 0 Å². The average molecular weight is 347 g/mol. The molecule has 0 bridgehead atoms. The van der Waals surface area contributed by atoms with Crippen LogP contribution in [-0.2, 0) is 6.54 Å². The highest BCUT2D eigenvalue weighted by molar-refractivity contribution is 9.10. The molecule has 21 heavy (non-hydrogen) atoms. The third-order valence-electron chi connectivity index (χ3n) is 3.29. The maximum Gasteiger partial charge on any atom is 0.259 e. The number of anilines is 1. The van der Waals surface area contributed by atoms with E-state index in [9.17, 15) is 14.7 Å². The highest BCUT2D eigenvalue weighted by atomic mass is 79.9. The highest BCUT2D eigenvalue weighted by Crippen LogP contribution is 2.28. The molecule has 1 aliphatic rings. The van der Waals surface area contributed by atoms with Crippen LogP contribution in [0.3, 0.4) is 0 Å². The number of phenols is 1. The summed E-state index contributed by atoms with van der Waals surface area (Å²) in [4.78, 5) is 23.1. The molecule has 2 aromatic carbocycles. The lowest BCUT2D eigenvalue weighted by molar-refractivity contribution is 0.0879. The van der Waals surface area contributed by atoms with Crippen LogP contribution in [0.2, 0.25) is 0 Å². The van der Waals surface area contributed by atoms with Crippen molar-refractivity contribution in [2.24, 2.45) is 0 Å². The van der Waals surface area contributed by atoms with Gasteiger partial charge in [-0.25, -0.2) is 0 Å². The van der Waals surface area contributed by atoms with E-state index < -0.39 is 0 Å². The quantitative estimate of drug-likeness (QED) is 0.746. The summed E-state index contributed by atoms with van der Waals surface area (Å²) in [6.45, 7) is 0.402. The standard InChI is InChI=1S/C15H11BrN2O3/c16-12-3-1-2-8(13(12)19)7-17-9-4-5-10-11(6-9)15(21)18-14(10)20/h1-6,17,19H,7H2,(H,18,20,21). The summed E-state index contributed by atoms with van der Waals surface area (Å²) in [7, 11) is 0. The zero-order valence-corrected chi connectivity index (χ0v) is 12.4. The van der Waals surface area contributed by atoms with Crippen LogP contribution in [0.1, 0.15) is 26.3 Å². The van der Waals surface area contributed by atoms with Gasteiger partial charge in [-0.1, -0.05) is 12.1 Å². The van der Waals surface area contributed by atoms with Crippen molar-refractivity contribution < 1.29 is 14.7 Å². The first-order chi connectivity index (χ1) is 10.1. The van der Waals surface area contributed by atoms with Gasteiger partial charge in [0.05, 0.1) is 15.6 Å². The number of imide groups is 1. The van der Waals surface area contributed by atoms with Gasteiger partial charge in [-0.05, 0) is 40.2 Å². The number of rotatable bonds is 3. The normalized spacial score (nSPS) is 13.0. The van der Waals surface area contributed by atoms with Crippen LogP contribution in [0.5, 0.6) is 5.75 Å². The molecule has 1 aliphatic heterocycles. The van der Waals surface area contributed by atoms with E-state index in [1.807, 2.05) is 6.07 Å². The molecule has 0 atom stereocenters. The minimum atomic E-state index is -0.385. The zero-order valence-electron chi connectivity index (χ0n) is 10.8. The summed E-state index contributed by atoms with van der Waals surface area (Å²) < 4.78 is 0.626. The second-order valence-electron chi connectivity index (χ2n) is 4.64. The van der Waals surface area contributed by atoms with E-state index in [4.69, 9.17) is 0 Å². The lowest BCUT2D eigenvalue weighted by Gasteiger charge is -2.09. The molecule has 0 unspecified atom stereocenters. The van der Waals surface area contributed by atoms with Crippen molar-refractivity contribution >= 4 is 33.4 Å². The van der Waals surface area contributed by atoms with Gasteiger partial charge in [0, 0.05) is 17.8 Å². The number of hydrogen-bond donors (Lipinski definition) is 3. The van der Waals surface area contributed by atoms with Crippen molar-refractivity contribution in [3.63, 3.8) is 0 Å². The van der Waals surface area contributed by atoms with E-state index in [1.165, 1.54) is 0 Å². The third-order valence-corrected chi connectivity index (χ3v) is 3.93. The van der Waals surface area contributed by atoms with E-state index >= 15 is 0 Å². The number of fused-ring (bicyclic) bond motifs is 1. The summed E-state index contributed by atoms with van der Waals surface area (Å²) >= 11 is 3.26. The minimum Gasteiger partial charge on any atom is -0.506 e. The molecule has 106 valence electrons. The Labute approximate surface area is 129 Å². The molecule has 0 fully saturated rings. The molecular weight excluding hydrogens is 336 g/mol. The number of halogens is 1. The van der Waals surface area contributed by atoms with Gasteiger partial charge in [0.2, 0.25) is 0 Å². The van der Waals surface area contributed by atoms with Gasteiger partial charge in [-0.15, -0.1) is 0 Å². The van der Waals surface area contributed by atoms with Crippen molar-refractivity contribution in [1.82, 2.24) is 5.32 Å². The lowest BCUT2D eigenvalue weighted by Crippen LogP contribution is -2.19. The van der Waals surface area contributed by atoms with E-state index in [-0.39, 0.29) is 17.6 Å². The van der Waals surface area contributed by atoms with Crippen LogP contribution >= 0.6 is 15.9 Å². The molecule has 0 aromatic heterocycles. The van der Waals surface area contributed by atoms with Crippen LogP contribution in [0.15, 0.2) is 40.9 Å². The summed E-state index contributed by atoms with van der Waals surface area (Å²) in [6.07, 6.45) is 0. The molecular formula is C15H11BrN2O3. The number of carbonyl (C=O) groups is 2. The topological polar surface area (TPSA) is 78.4 Å². The van der Waals surface area contributed by atoms with Crippen LogP contribution in [0.4, 0.5) is 5.69 Å². The predicted molar refractivity (Wildman–Crippen MR) is 81.4 cm³/mol. The summed E-state index contributed by atoms with van der Waals surface area (Å²) in [5.41, 5.74) is 2.18. The first kappa shape index (κ1) is 13.6. The third kappa shape index (κ3) is 2.50. The number of hydrogen-bond acceptors (Lipinski definition) is 4. The number of nitrogens with one attached hydrogen (secondary N) is 2. The summed E-state index contributed by atoms with van der Waals surface area (Å²) in [5, 5.41) is 15.3. The maximum atomic E-state index is 11.6. The van der Waals surface area contributed by atoms with Crippen LogP contribution in [-0.4, -0.2) is 16.9 Å². The fraction of sp³-hybridized carbons (Fsp3) is 0.0667. The van der Waals surface area contributed by atoms with Crippen LogP contribution in [0, 0.1) is 0 Å². The monoisotopic (exact) mass is 346 g/mol. The lowest BCUT2D eigenvalue weighted by atomic mass is 10.1. The van der Waals surface area contributed by atoms with Crippen molar-refractivity contribution in [3.05, 3.63) is 57.6 Å². The molecule has 0 spiro atoms. The van der Waals surface area contributed by atoms with Gasteiger partial charge in [0.1, 0.15) is 5.75 Å². The molecule has 0 saturated heterocycles. The van der Waals surface area contributed by atoms with Crippen molar-refractivity contribution in [2.45, 2.75) is 6.54 Å². The Hall–Kier alpha value is -2.34. The minimum absolute atomic E-state index is 0.180. The first-order valence-corrected chi connectivity index (χ1v) is 7.05. The smallest absolute Gasteiger partial charge is 0.259 e. The first-order valence-electron chi connectivity index (χ1n) is 6.26. The molecule has 3 N–H and O–H groups in total. The number of para-hydroxylation sites is 1. The molecule has 0 saturated carbocycles. The van der Waals surface area contributed by atoms with Gasteiger partial charge in [0.15, 0.2) is 0 Å². The van der Waals surface area contributed by atoms with E-state index in [2.05, 4.69) is 26.6 Å². The predicted octanol–water partition coefficient (Wildman–Crippen LogP) is 2.65. The number of phenolic OH excluding ortho intramolecular Hbond substituents is 1. The SMILES string of the molecule is O=C1NC(=O)c2cc(NCc3cccc(Br)c3O)ccc21. The summed E-state index contributed by atoms with van der Waals surface area (Å²) in [6, 6.07) is 10.4. The van der Waals surface area contributed by atoms with Gasteiger partial charge < -0.3 is 10.4 Å². The number of amides is 2. The Morgan fingerprint density at radius 2 is 1.86 bits per heavy atom. The van der Waals surface area contributed by atoms with E-state index in [1.54, 1.807) is 30.3 Å². The molecule has 3 rings (SSSR count).